The molecular formula is C32H31NO13. The van der Waals surface area contributed by atoms with E-state index in [0.29, 0.717) is 5.56 Å². The van der Waals surface area contributed by atoms with E-state index < -0.39 is 83.6 Å². The lowest BCUT2D eigenvalue weighted by Crippen LogP contribution is -2.63. The zero-order chi connectivity index (χ0) is 32.9. The second kappa shape index (κ2) is 10.8. The molecule has 0 saturated carbocycles. The largest absolute Gasteiger partial charge is 0.507 e. The molecule has 3 heterocycles. The van der Waals surface area contributed by atoms with E-state index in [1.54, 1.807) is 13.0 Å². The van der Waals surface area contributed by atoms with E-state index in [0.717, 1.165) is 0 Å². The molecule has 14 heteroatoms. The number of nitrogens with one attached hydrogen (secondary N) is 1. The van der Waals surface area contributed by atoms with Gasteiger partial charge in [0.15, 0.2) is 18.0 Å². The fourth-order valence-corrected chi connectivity index (χ4v) is 6.59. The predicted octanol–water partition coefficient (Wildman–Crippen LogP) is 0.0400. The van der Waals surface area contributed by atoms with Gasteiger partial charge in [-0.2, -0.15) is 0 Å². The number of aromatic hydroxyl groups is 1. The van der Waals surface area contributed by atoms with Gasteiger partial charge in [0.25, 0.3) is 0 Å². The van der Waals surface area contributed by atoms with Crippen LogP contribution in [0.25, 0.3) is 43.3 Å². The molecule has 0 aliphatic carbocycles. The minimum absolute atomic E-state index is 0.0252. The lowest BCUT2D eigenvalue weighted by atomic mass is 9.92. The Morgan fingerprint density at radius 2 is 1.41 bits per heavy atom. The van der Waals surface area contributed by atoms with Crippen LogP contribution in [0.4, 0.5) is 0 Å². The van der Waals surface area contributed by atoms with Crippen LogP contribution in [-0.4, -0.2) is 92.1 Å². The quantitative estimate of drug-likeness (QED) is 0.0785. The highest BCUT2D eigenvalue weighted by Gasteiger charge is 2.50. The number of rotatable bonds is 4. The van der Waals surface area contributed by atoms with Crippen molar-refractivity contribution in [3.05, 3.63) is 61.9 Å². The van der Waals surface area contributed by atoms with Crippen molar-refractivity contribution in [3.8, 4) is 11.5 Å². The smallest absolute Gasteiger partial charge is 0.344 e. The van der Waals surface area contributed by atoms with Gasteiger partial charge in [-0.05, 0) is 32.4 Å². The van der Waals surface area contributed by atoms with Crippen LogP contribution in [-0.2, 0) is 14.2 Å². The molecule has 14 nitrogen and oxygen atoms in total. The van der Waals surface area contributed by atoms with Crippen LogP contribution in [0, 0.1) is 12.3 Å². The van der Waals surface area contributed by atoms with Crippen molar-refractivity contribution in [2.75, 3.05) is 0 Å². The Morgan fingerprint density at radius 3 is 2.13 bits per heavy atom. The molecule has 0 radical (unpaired) electrons. The molecule has 7 N–H and O–H groups in total. The van der Waals surface area contributed by atoms with Crippen molar-refractivity contribution in [2.45, 2.75) is 82.2 Å². The molecule has 10 unspecified atom stereocenters. The van der Waals surface area contributed by atoms with Crippen LogP contribution in [0.1, 0.15) is 19.4 Å². The van der Waals surface area contributed by atoms with Gasteiger partial charge in [-0.15, -0.1) is 0 Å². The van der Waals surface area contributed by atoms with Crippen molar-refractivity contribution in [1.29, 1.82) is 5.41 Å². The van der Waals surface area contributed by atoms with E-state index >= 15 is 0 Å². The fourth-order valence-electron chi connectivity index (χ4n) is 6.59. The second-order valence-electron chi connectivity index (χ2n) is 12.0. The van der Waals surface area contributed by atoms with E-state index in [1.807, 2.05) is 0 Å². The van der Waals surface area contributed by atoms with Crippen LogP contribution >= 0.6 is 0 Å². The normalized spacial score (nSPS) is 32.2. The molecule has 7 rings (SSSR count). The van der Waals surface area contributed by atoms with Gasteiger partial charge in [0.2, 0.25) is 11.7 Å². The number of aliphatic hydroxyl groups excluding tert-OH is 5. The molecule has 2 saturated heterocycles. The van der Waals surface area contributed by atoms with E-state index in [2.05, 4.69) is 0 Å². The summed E-state index contributed by atoms with van der Waals surface area (Å²) in [4.78, 5) is 26.6. The first-order chi connectivity index (χ1) is 21.8. The summed E-state index contributed by atoms with van der Waals surface area (Å²) in [6, 6.07) is 7.56. The number of aliphatic hydroxyl groups is 5. The number of ether oxygens (including phenoxy) is 4. The van der Waals surface area contributed by atoms with Crippen molar-refractivity contribution in [1.82, 2.24) is 0 Å². The maximum Gasteiger partial charge on any atom is 0.344 e. The zero-order valence-corrected chi connectivity index (χ0v) is 24.7. The fraction of sp³-hybridized carbons (Fsp3) is 0.406. The third-order valence-electron chi connectivity index (χ3n) is 9.13. The molecule has 46 heavy (non-hydrogen) atoms. The first kappa shape index (κ1) is 30.7. The van der Waals surface area contributed by atoms with E-state index in [1.165, 1.54) is 38.1 Å². The van der Waals surface area contributed by atoms with Gasteiger partial charge in [0.05, 0.1) is 28.4 Å². The number of aryl methyl sites for hydroxylation is 1. The van der Waals surface area contributed by atoms with Crippen molar-refractivity contribution >= 4 is 43.3 Å². The molecule has 0 amide bonds. The van der Waals surface area contributed by atoms with Crippen molar-refractivity contribution in [2.24, 2.45) is 0 Å². The molecule has 2 fully saturated rings. The number of hydrogen-bond acceptors (Lipinski definition) is 14. The van der Waals surface area contributed by atoms with Crippen LogP contribution in [0.3, 0.4) is 0 Å². The van der Waals surface area contributed by atoms with Crippen molar-refractivity contribution < 1.29 is 54.0 Å². The molecule has 0 bridgehead atoms. The summed E-state index contributed by atoms with van der Waals surface area (Å²) in [5.74, 6) is -0.446. The summed E-state index contributed by atoms with van der Waals surface area (Å²) in [5, 5.41) is 72.9. The summed E-state index contributed by atoms with van der Waals surface area (Å²) in [6.45, 7) is 4.61. The summed E-state index contributed by atoms with van der Waals surface area (Å²) in [7, 11) is 0. The van der Waals surface area contributed by atoms with Gasteiger partial charge < -0.3 is 54.0 Å². The number of phenolic OH excluding ortho intramolecular Hbond substituents is 1. The number of phenols is 1. The third-order valence-corrected chi connectivity index (χ3v) is 9.13. The molecule has 1 aromatic heterocycles. The summed E-state index contributed by atoms with van der Waals surface area (Å²) in [6.07, 6.45) is -14.5. The summed E-state index contributed by atoms with van der Waals surface area (Å²) >= 11 is 0. The topological polar surface area (TPSA) is 229 Å². The molecule has 10 atom stereocenters. The monoisotopic (exact) mass is 637 g/mol. The SMILES string of the molecule is Cc1ccc2c(=O)c(=N)c3c(O)c4cccc(OC5OC(C)C(O)C(O)C5OC5OC(C)C(O)C(O)C5O)c4c4oc(=O)c1c2c34. The van der Waals surface area contributed by atoms with Gasteiger partial charge in [-0.25, -0.2) is 4.79 Å². The molecule has 5 aromatic rings. The Labute approximate surface area is 258 Å². The van der Waals surface area contributed by atoms with Crippen LogP contribution in [0.15, 0.2) is 44.3 Å². The number of benzene rings is 4. The highest BCUT2D eigenvalue weighted by Crippen LogP contribution is 2.45. The average Bonchev–Trinajstić information content (AvgIpc) is 3.02. The molecule has 0 spiro atoms. The predicted molar refractivity (Wildman–Crippen MR) is 160 cm³/mol. The Hall–Kier alpha value is -3.99. The van der Waals surface area contributed by atoms with Gasteiger partial charge in [-0.1, -0.05) is 24.3 Å². The maximum atomic E-state index is 13.4. The average molecular weight is 638 g/mol. The lowest BCUT2D eigenvalue weighted by molar-refractivity contribution is -0.352. The lowest BCUT2D eigenvalue weighted by Gasteiger charge is -2.45. The van der Waals surface area contributed by atoms with Crippen LogP contribution < -0.4 is 21.1 Å². The summed E-state index contributed by atoms with van der Waals surface area (Å²) < 4.78 is 29.3. The van der Waals surface area contributed by atoms with Gasteiger partial charge in [0.1, 0.15) is 47.4 Å². The number of fused-ring (bicyclic) bond motifs is 2. The van der Waals surface area contributed by atoms with Crippen molar-refractivity contribution in [3.63, 3.8) is 0 Å². The molecule has 2 aliphatic heterocycles. The van der Waals surface area contributed by atoms with Gasteiger partial charge in [-0.3, -0.25) is 10.2 Å². The summed E-state index contributed by atoms with van der Waals surface area (Å²) in [5.41, 5.74) is -0.958. The van der Waals surface area contributed by atoms with E-state index in [-0.39, 0.29) is 49.0 Å². The Bertz CT molecular complexity index is 2170. The molecule has 242 valence electrons. The maximum absolute atomic E-state index is 13.4. The van der Waals surface area contributed by atoms with Gasteiger partial charge >= 0.3 is 5.63 Å². The minimum Gasteiger partial charge on any atom is -0.507 e. The Balaban J connectivity index is 1.41. The second-order valence-corrected chi connectivity index (χ2v) is 12.0. The molecule has 4 aromatic carbocycles. The highest BCUT2D eigenvalue weighted by molar-refractivity contribution is 6.29. The zero-order valence-electron chi connectivity index (χ0n) is 24.7. The van der Waals surface area contributed by atoms with Crippen LogP contribution in [0.5, 0.6) is 11.5 Å². The van der Waals surface area contributed by atoms with E-state index in [9.17, 15) is 40.2 Å². The molecular weight excluding hydrogens is 606 g/mol. The number of hydrogen-bond donors (Lipinski definition) is 7. The van der Waals surface area contributed by atoms with Gasteiger partial charge in [0, 0.05) is 21.5 Å². The molecule has 2 aliphatic rings. The standard InChI is InChI=1S/C32H31NO13/c1-9-7-8-13-17-15(9)30(41)45-28-16-12(23(36)19(18(17)28)20(33)24(13)37)5-4-6-14(16)44-32-29(26(39)22(35)11(3)43-32)46-31-27(40)25(38)21(34)10(2)42-31/h4-8,10-11,21-22,25-27,29,31-36,38-40H,1-3H3. The highest BCUT2D eigenvalue weighted by atomic mass is 16.8. The Kier molecular flexibility index (Phi) is 7.19. The minimum atomic E-state index is -1.74. The third kappa shape index (κ3) is 4.30. The first-order valence-electron chi connectivity index (χ1n) is 14.7. The first-order valence-corrected chi connectivity index (χ1v) is 14.7. The van der Waals surface area contributed by atoms with Crippen LogP contribution in [0.2, 0.25) is 0 Å². The van der Waals surface area contributed by atoms with E-state index in [4.69, 9.17) is 28.8 Å². The Morgan fingerprint density at radius 1 is 0.739 bits per heavy atom.